The smallest absolute Gasteiger partial charge is 0.416 e. The van der Waals surface area contributed by atoms with E-state index in [0.29, 0.717) is 36.4 Å². The van der Waals surface area contributed by atoms with Crippen molar-refractivity contribution in [2.24, 2.45) is 0 Å². The van der Waals surface area contributed by atoms with Crippen LogP contribution in [0.2, 0.25) is 0 Å². The highest BCUT2D eigenvalue weighted by molar-refractivity contribution is 5.75. The first kappa shape index (κ1) is 32.9. The third kappa shape index (κ3) is 7.29. The molecule has 3 heterocycles. The summed E-state index contributed by atoms with van der Waals surface area (Å²) in [6, 6.07) is 10.2. The number of ether oxygens (including phenoxy) is 2. The van der Waals surface area contributed by atoms with Crippen molar-refractivity contribution >= 4 is 11.9 Å². The number of carbonyl (C=O) groups is 1. The van der Waals surface area contributed by atoms with Crippen LogP contribution in [-0.4, -0.2) is 59.5 Å². The molecule has 1 N–H and O–H groups in total. The van der Waals surface area contributed by atoms with Gasteiger partial charge in [-0.1, -0.05) is 6.07 Å². The zero-order chi connectivity index (χ0) is 33.5. The first-order valence-electron chi connectivity index (χ1n) is 15.7. The maximum atomic E-state index is 13.6. The van der Waals surface area contributed by atoms with Crippen LogP contribution in [0.1, 0.15) is 66.7 Å². The van der Waals surface area contributed by atoms with Gasteiger partial charge in [0.05, 0.1) is 29.0 Å². The molecule has 1 amide bonds. The number of aryl methyl sites for hydroxylation is 1. The van der Waals surface area contributed by atoms with Crippen molar-refractivity contribution in [3.8, 4) is 16.9 Å². The van der Waals surface area contributed by atoms with E-state index in [9.17, 15) is 36.2 Å². The zero-order valence-electron chi connectivity index (χ0n) is 25.7. The number of nitrogens with zero attached hydrogens (tertiary/aromatic N) is 3. The molecule has 3 aromatic rings. The van der Waals surface area contributed by atoms with Crippen LogP contribution >= 0.6 is 0 Å². The monoisotopic (exact) mass is 663 g/mol. The predicted molar refractivity (Wildman–Crippen MR) is 161 cm³/mol. The molecular formula is C34H35F6N3O4. The van der Waals surface area contributed by atoms with Crippen LogP contribution in [0.4, 0.5) is 37.0 Å². The van der Waals surface area contributed by atoms with Gasteiger partial charge >= 0.3 is 18.4 Å². The summed E-state index contributed by atoms with van der Waals surface area (Å²) < 4.78 is 93.0. The molecule has 6 rings (SSSR count). The van der Waals surface area contributed by atoms with E-state index < -0.39 is 41.7 Å². The van der Waals surface area contributed by atoms with Gasteiger partial charge in [0.2, 0.25) is 0 Å². The third-order valence-electron chi connectivity index (χ3n) is 8.84. The molecule has 13 heteroatoms. The van der Waals surface area contributed by atoms with E-state index in [0.717, 1.165) is 54.9 Å². The number of anilines is 1. The highest BCUT2D eigenvalue weighted by atomic mass is 19.4. The van der Waals surface area contributed by atoms with E-state index in [1.807, 2.05) is 30.3 Å². The van der Waals surface area contributed by atoms with Gasteiger partial charge in [-0.05, 0) is 92.6 Å². The minimum atomic E-state index is -5.03. The lowest BCUT2D eigenvalue weighted by Gasteiger charge is -2.32. The number of amides is 1. The van der Waals surface area contributed by atoms with Gasteiger partial charge in [0.25, 0.3) is 0 Å². The Bertz CT molecular complexity index is 1590. The van der Waals surface area contributed by atoms with E-state index in [-0.39, 0.29) is 37.3 Å². The zero-order valence-corrected chi connectivity index (χ0v) is 25.7. The fourth-order valence-electron chi connectivity index (χ4n) is 5.96. The number of hydrogen-bond donors (Lipinski definition) is 1. The molecule has 2 saturated heterocycles. The number of halogens is 6. The molecule has 2 atom stereocenters. The van der Waals surface area contributed by atoms with Crippen LogP contribution in [0.15, 0.2) is 48.5 Å². The molecule has 252 valence electrons. The standard InChI is InChI=1S/C34H35F6N3O4/c1-20-31(22-17-23(33(35,36)37)19-24(18-22)34(38,39)40)47-32(45)43(20)14-11-28-26(8-10-30(41-28)42-12-3-13-42)27-16-21(4-2-15-44)5-9-29(27)46-25-6-7-25/h5,8-10,16-20,25,31,44H,2-4,6-7,11-15H2,1H3. The Labute approximate surface area is 268 Å². The SMILES string of the molecule is CC1C(c2cc(C(F)(F)F)cc(C(F)(F)F)c2)OC(=O)N1CCc1nc(N2CCC2)ccc1-c1cc(CCCO)ccc1OC1CC1. The molecule has 2 aromatic carbocycles. The normalized spacial score (nSPS) is 20.0. The lowest BCUT2D eigenvalue weighted by atomic mass is 9.96. The third-order valence-corrected chi connectivity index (χ3v) is 8.84. The van der Waals surface area contributed by atoms with Gasteiger partial charge in [0.1, 0.15) is 17.7 Å². The lowest BCUT2D eigenvalue weighted by molar-refractivity contribution is -0.143. The summed E-state index contributed by atoms with van der Waals surface area (Å²) in [5, 5.41) is 9.38. The minimum Gasteiger partial charge on any atom is -0.490 e. The topological polar surface area (TPSA) is 75.1 Å². The number of aliphatic hydroxyl groups is 1. The van der Waals surface area contributed by atoms with Crippen LogP contribution < -0.4 is 9.64 Å². The maximum Gasteiger partial charge on any atom is 0.416 e. The van der Waals surface area contributed by atoms with Gasteiger partial charge in [-0.2, -0.15) is 26.3 Å². The molecule has 1 saturated carbocycles. The van der Waals surface area contributed by atoms with Crippen molar-refractivity contribution in [3.63, 3.8) is 0 Å². The number of hydrogen-bond acceptors (Lipinski definition) is 6. The summed E-state index contributed by atoms with van der Waals surface area (Å²) in [4.78, 5) is 21.5. The molecular weight excluding hydrogens is 628 g/mol. The van der Waals surface area contributed by atoms with Gasteiger partial charge in [-0.15, -0.1) is 0 Å². The van der Waals surface area contributed by atoms with Crippen LogP contribution in [0.3, 0.4) is 0 Å². The minimum absolute atomic E-state index is 0.0517. The number of cyclic esters (lactones) is 1. The second-order valence-electron chi connectivity index (χ2n) is 12.3. The average molecular weight is 664 g/mol. The van der Waals surface area contributed by atoms with Gasteiger partial charge in [0.15, 0.2) is 0 Å². The Kier molecular flexibility index (Phi) is 9.03. The largest absolute Gasteiger partial charge is 0.490 e. The van der Waals surface area contributed by atoms with E-state index in [2.05, 4.69) is 4.90 Å². The molecule has 0 radical (unpaired) electrons. The highest BCUT2D eigenvalue weighted by Gasteiger charge is 2.43. The van der Waals surface area contributed by atoms with Crippen LogP contribution in [0.5, 0.6) is 5.75 Å². The van der Waals surface area contributed by atoms with Crippen molar-refractivity contribution in [3.05, 3.63) is 76.5 Å². The number of pyridine rings is 1. The number of benzene rings is 2. The first-order valence-corrected chi connectivity index (χ1v) is 15.7. The van der Waals surface area contributed by atoms with Crippen LogP contribution in [0.25, 0.3) is 11.1 Å². The van der Waals surface area contributed by atoms with Crippen LogP contribution in [0, 0.1) is 0 Å². The number of alkyl halides is 6. The molecule has 7 nitrogen and oxygen atoms in total. The maximum absolute atomic E-state index is 13.6. The Morgan fingerprint density at radius 2 is 1.64 bits per heavy atom. The lowest BCUT2D eigenvalue weighted by Crippen LogP contribution is -2.38. The average Bonchev–Trinajstić information content (AvgIpc) is 3.76. The summed E-state index contributed by atoms with van der Waals surface area (Å²) in [5.74, 6) is 1.47. The van der Waals surface area contributed by atoms with Gasteiger partial charge in [-0.25, -0.2) is 9.78 Å². The van der Waals surface area contributed by atoms with E-state index >= 15 is 0 Å². The van der Waals surface area contributed by atoms with E-state index in [1.165, 1.54) is 4.90 Å². The second kappa shape index (κ2) is 12.9. The Hall–Kier alpha value is -4.00. The fourth-order valence-corrected chi connectivity index (χ4v) is 5.96. The van der Waals surface area contributed by atoms with Crippen molar-refractivity contribution in [2.45, 2.75) is 76.1 Å². The molecule has 2 unspecified atom stereocenters. The van der Waals surface area contributed by atoms with Crippen LogP contribution in [-0.2, 0) is 29.9 Å². The molecule has 47 heavy (non-hydrogen) atoms. The summed E-state index contributed by atoms with van der Waals surface area (Å²) in [6.07, 6.45) is -7.66. The molecule has 3 aliphatic rings. The summed E-state index contributed by atoms with van der Waals surface area (Å²) in [6.45, 7) is 3.36. The van der Waals surface area contributed by atoms with Gasteiger partial charge in [0, 0.05) is 43.8 Å². The van der Waals surface area contributed by atoms with Gasteiger partial charge < -0.3 is 24.4 Å². The number of rotatable bonds is 11. The molecule has 0 bridgehead atoms. The molecule has 2 aliphatic heterocycles. The van der Waals surface area contributed by atoms with E-state index in [1.54, 1.807) is 6.92 Å². The highest BCUT2D eigenvalue weighted by Crippen LogP contribution is 2.42. The fraction of sp³-hybridized carbons (Fsp3) is 0.471. The molecule has 3 fully saturated rings. The van der Waals surface area contributed by atoms with Crippen molar-refractivity contribution in [1.29, 1.82) is 0 Å². The van der Waals surface area contributed by atoms with Gasteiger partial charge in [-0.3, -0.25) is 0 Å². The Balaban J connectivity index is 1.30. The van der Waals surface area contributed by atoms with E-state index in [4.69, 9.17) is 14.5 Å². The molecule has 1 aromatic heterocycles. The second-order valence-corrected chi connectivity index (χ2v) is 12.3. The van der Waals surface area contributed by atoms with Crippen molar-refractivity contribution in [2.75, 3.05) is 31.1 Å². The van der Waals surface area contributed by atoms with Crippen molar-refractivity contribution in [1.82, 2.24) is 9.88 Å². The summed E-state index contributed by atoms with van der Waals surface area (Å²) in [5.41, 5.74) is -0.0261. The summed E-state index contributed by atoms with van der Waals surface area (Å²) >= 11 is 0. The molecule has 0 spiro atoms. The number of aliphatic hydroxyl groups excluding tert-OH is 1. The summed E-state index contributed by atoms with van der Waals surface area (Å²) in [7, 11) is 0. The number of aromatic nitrogens is 1. The first-order chi connectivity index (χ1) is 22.3. The van der Waals surface area contributed by atoms with Crippen molar-refractivity contribution < 1.29 is 45.7 Å². The Morgan fingerprint density at radius 1 is 0.936 bits per heavy atom. The predicted octanol–water partition coefficient (Wildman–Crippen LogP) is 7.59. The molecule has 1 aliphatic carbocycles. The quantitative estimate of drug-likeness (QED) is 0.213. The Morgan fingerprint density at radius 3 is 2.23 bits per heavy atom. The number of carbonyl (C=O) groups excluding carboxylic acids is 1.